The number of hydrazone groups is 1. The number of carbonyl (C=O) groups is 1. The Balaban J connectivity index is 1.85. The molecule has 0 aromatic heterocycles. The lowest BCUT2D eigenvalue weighted by molar-refractivity contribution is 0.0955. The summed E-state index contributed by atoms with van der Waals surface area (Å²) in [7, 11) is -3.25. The van der Waals surface area contributed by atoms with Crippen molar-refractivity contribution in [3.63, 3.8) is 0 Å². The molecule has 0 fully saturated rings. The molecule has 0 radical (unpaired) electrons. The number of amides is 1. The van der Waals surface area contributed by atoms with Gasteiger partial charge in [0.1, 0.15) is 5.75 Å². The molecule has 1 atom stereocenters. The topological polar surface area (TPSA) is 95.8 Å². The highest BCUT2D eigenvalue weighted by Crippen LogP contribution is 2.26. The third-order valence-electron chi connectivity index (χ3n) is 5.17. The fraction of sp³-hybridized carbons (Fsp3) is 0.217. The van der Waals surface area contributed by atoms with E-state index in [1.807, 2.05) is 31.2 Å². The van der Waals surface area contributed by atoms with Crippen LogP contribution >= 0.6 is 11.6 Å². The average Bonchev–Trinajstić information content (AvgIpc) is 2.76. The molecule has 162 valence electrons. The van der Waals surface area contributed by atoms with E-state index in [1.54, 1.807) is 19.1 Å². The number of hydrogen-bond donors (Lipinski definition) is 2. The molecule has 1 amide bonds. The zero-order valence-corrected chi connectivity index (χ0v) is 18.7. The van der Waals surface area contributed by atoms with Crippen molar-refractivity contribution in [2.75, 3.05) is 0 Å². The Kier molecular flexibility index (Phi) is 6.97. The standard InChI is InChI=1S/C23H23ClN2O4S/c1-3-15(2)31(29,30)14-18-9-8-17(19-6-4-5-7-20(18)19)13-25-26-23(28)16-10-11-22(27)21(24)12-16/h4-13,15,27H,3,14H2,1-2H3,(H,26,28)/b25-13+. The first-order valence-corrected chi connectivity index (χ1v) is 11.9. The second-order valence-electron chi connectivity index (χ2n) is 7.25. The molecule has 0 aliphatic heterocycles. The second kappa shape index (κ2) is 9.49. The lowest BCUT2D eigenvalue weighted by atomic mass is 10.0. The van der Waals surface area contributed by atoms with Gasteiger partial charge in [0, 0.05) is 11.1 Å². The van der Waals surface area contributed by atoms with Gasteiger partial charge in [0.15, 0.2) is 9.84 Å². The molecule has 2 N–H and O–H groups in total. The van der Waals surface area contributed by atoms with Gasteiger partial charge < -0.3 is 5.11 Å². The van der Waals surface area contributed by atoms with E-state index in [4.69, 9.17) is 11.6 Å². The Morgan fingerprint density at radius 2 is 1.87 bits per heavy atom. The predicted octanol–water partition coefficient (Wildman–Crippen LogP) is 4.68. The summed E-state index contributed by atoms with van der Waals surface area (Å²) in [5.41, 5.74) is 4.16. The van der Waals surface area contributed by atoms with E-state index in [9.17, 15) is 18.3 Å². The van der Waals surface area contributed by atoms with Crippen LogP contribution in [0.2, 0.25) is 5.02 Å². The van der Waals surface area contributed by atoms with Crippen molar-refractivity contribution in [2.24, 2.45) is 5.10 Å². The number of nitrogens with one attached hydrogen (secondary N) is 1. The van der Waals surface area contributed by atoms with Crippen LogP contribution in [0, 0.1) is 0 Å². The maximum Gasteiger partial charge on any atom is 0.271 e. The van der Waals surface area contributed by atoms with Gasteiger partial charge >= 0.3 is 0 Å². The Bertz CT molecular complexity index is 1260. The Morgan fingerprint density at radius 1 is 1.16 bits per heavy atom. The fourth-order valence-electron chi connectivity index (χ4n) is 3.11. The van der Waals surface area contributed by atoms with E-state index < -0.39 is 21.0 Å². The SMILES string of the molecule is CCC(C)S(=O)(=O)Cc1ccc(/C=N/NC(=O)c2ccc(O)c(Cl)c2)c2ccccc12. The van der Waals surface area contributed by atoms with Gasteiger partial charge in [-0.05, 0) is 47.9 Å². The molecule has 8 heteroatoms. The van der Waals surface area contributed by atoms with Crippen molar-refractivity contribution >= 4 is 44.3 Å². The van der Waals surface area contributed by atoms with Gasteiger partial charge in [0.25, 0.3) is 5.91 Å². The van der Waals surface area contributed by atoms with Crippen molar-refractivity contribution in [3.05, 3.63) is 76.3 Å². The number of sulfone groups is 1. The minimum absolute atomic E-state index is 0.0295. The Labute approximate surface area is 186 Å². The van der Waals surface area contributed by atoms with E-state index in [-0.39, 0.29) is 22.1 Å². The predicted molar refractivity (Wildman–Crippen MR) is 125 cm³/mol. The van der Waals surface area contributed by atoms with Crippen molar-refractivity contribution in [3.8, 4) is 5.75 Å². The molecular weight excluding hydrogens is 436 g/mol. The second-order valence-corrected chi connectivity index (χ2v) is 10.1. The van der Waals surface area contributed by atoms with E-state index in [0.29, 0.717) is 6.42 Å². The smallest absolute Gasteiger partial charge is 0.271 e. The van der Waals surface area contributed by atoms with Crippen LogP contribution in [0.4, 0.5) is 0 Å². The van der Waals surface area contributed by atoms with Gasteiger partial charge in [-0.15, -0.1) is 0 Å². The number of halogens is 1. The van der Waals surface area contributed by atoms with Crippen LogP contribution in [-0.4, -0.2) is 30.9 Å². The number of fused-ring (bicyclic) bond motifs is 1. The van der Waals surface area contributed by atoms with Crippen LogP contribution in [0.5, 0.6) is 5.75 Å². The van der Waals surface area contributed by atoms with Crippen LogP contribution in [0.25, 0.3) is 10.8 Å². The number of aromatic hydroxyl groups is 1. The lowest BCUT2D eigenvalue weighted by Gasteiger charge is -2.13. The highest BCUT2D eigenvalue weighted by atomic mass is 35.5. The molecule has 3 aromatic rings. The lowest BCUT2D eigenvalue weighted by Crippen LogP contribution is -2.19. The summed E-state index contributed by atoms with van der Waals surface area (Å²) in [4.78, 5) is 12.2. The zero-order valence-electron chi connectivity index (χ0n) is 17.2. The molecule has 1 unspecified atom stereocenters. The average molecular weight is 459 g/mol. The molecule has 0 bridgehead atoms. The zero-order chi connectivity index (χ0) is 22.6. The van der Waals surface area contributed by atoms with Crippen LogP contribution in [0.15, 0.2) is 59.7 Å². The summed E-state index contributed by atoms with van der Waals surface area (Å²) in [6.45, 7) is 3.59. The highest BCUT2D eigenvalue weighted by Gasteiger charge is 2.21. The molecular formula is C23H23ClN2O4S. The summed E-state index contributed by atoms with van der Waals surface area (Å²) >= 11 is 5.83. The molecule has 0 aliphatic carbocycles. The number of rotatable bonds is 7. The summed E-state index contributed by atoms with van der Waals surface area (Å²) in [5, 5.41) is 14.8. The first-order valence-electron chi connectivity index (χ1n) is 9.77. The fourth-order valence-corrected chi connectivity index (χ4v) is 4.77. The van der Waals surface area contributed by atoms with Crippen LogP contribution in [-0.2, 0) is 15.6 Å². The Morgan fingerprint density at radius 3 is 2.55 bits per heavy atom. The molecule has 31 heavy (non-hydrogen) atoms. The molecule has 0 heterocycles. The van der Waals surface area contributed by atoms with Gasteiger partial charge in [-0.1, -0.05) is 54.9 Å². The van der Waals surface area contributed by atoms with Crippen molar-refractivity contribution in [1.29, 1.82) is 0 Å². The minimum Gasteiger partial charge on any atom is -0.506 e. The Hall–Kier alpha value is -2.90. The van der Waals surface area contributed by atoms with Crippen LogP contribution in [0.1, 0.15) is 41.8 Å². The quantitative estimate of drug-likeness (QED) is 0.397. The number of phenolic OH excluding ortho intramolecular Hbond substituents is 1. The van der Waals surface area contributed by atoms with Crippen molar-refractivity contribution in [1.82, 2.24) is 5.43 Å². The van der Waals surface area contributed by atoms with Gasteiger partial charge in [0.05, 0.1) is 22.2 Å². The maximum atomic E-state index is 12.6. The molecule has 3 aromatic carbocycles. The van der Waals surface area contributed by atoms with Gasteiger partial charge in [-0.2, -0.15) is 5.10 Å². The summed E-state index contributed by atoms with van der Waals surface area (Å²) < 4.78 is 25.2. The number of carbonyl (C=O) groups excluding carboxylic acids is 1. The van der Waals surface area contributed by atoms with Crippen LogP contribution < -0.4 is 5.43 Å². The van der Waals surface area contributed by atoms with Gasteiger partial charge in [-0.25, -0.2) is 13.8 Å². The van der Waals surface area contributed by atoms with E-state index in [0.717, 1.165) is 21.9 Å². The third-order valence-corrected chi connectivity index (χ3v) is 7.75. The molecule has 0 aliphatic rings. The normalized spacial score (nSPS) is 12.9. The summed E-state index contributed by atoms with van der Waals surface area (Å²) in [6.07, 6.45) is 2.08. The number of hydrogen-bond acceptors (Lipinski definition) is 5. The number of benzene rings is 3. The molecule has 0 saturated heterocycles. The van der Waals surface area contributed by atoms with Crippen LogP contribution in [0.3, 0.4) is 0 Å². The molecule has 3 rings (SSSR count). The molecule has 0 spiro atoms. The molecule has 6 nitrogen and oxygen atoms in total. The minimum atomic E-state index is -3.25. The molecule has 0 saturated carbocycles. The first kappa shape index (κ1) is 22.8. The van der Waals surface area contributed by atoms with Gasteiger partial charge in [-0.3, -0.25) is 4.79 Å². The third kappa shape index (κ3) is 5.24. The first-order chi connectivity index (χ1) is 14.7. The van der Waals surface area contributed by atoms with Gasteiger partial charge in [0.2, 0.25) is 0 Å². The maximum absolute atomic E-state index is 12.6. The van der Waals surface area contributed by atoms with Crippen molar-refractivity contribution in [2.45, 2.75) is 31.3 Å². The highest BCUT2D eigenvalue weighted by molar-refractivity contribution is 7.91. The number of nitrogens with zero attached hydrogens (tertiary/aromatic N) is 1. The van der Waals surface area contributed by atoms with E-state index >= 15 is 0 Å². The van der Waals surface area contributed by atoms with E-state index in [2.05, 4.69) is 10.5 Å². The summed E-state index contributed by atoms with van der Waals surface area (Å²) in [5.74, 6) is -0.611. The van der Waals surface area contributed by atoms with Crippen molar-refractivity contribution < 1.29 is 18.3 Å². The largest absolute Gasteiger partial charge is 0.506 e. The van der Waals surface area contributed by atoms with E-state index in [1.165, 1.54) is 24.4 Å². The number of phenols is 1. The monoisotopic (exact) mass is 458 g/mol. The summed E-state index contributed by atoms with van der Waals surface area (Å²) in [6, 6.07) is 15.2.